The van der Waals surface area contributed by atoms with E-state index in [1.54, 1.807) is 23.1 Å². The van der Waals surface area contributed by atoms with Gasteiger partial charge in [0.1, 0.15) is 5.82 Å². The number of aromatic nitrogens is 5. The van der Waals surface area contributed by atoms with E-state index in [0.717, 1.165) is 38.8 Å². The Bertz CT molecular complexity index is 1360. The van der Waals surface area contributed by atoms with Gasteiger partial charge in [0.2, 0.25) is 0 Å². The number of nitrogens with zero attached hydrogens (tertiary/aromatic N) is 4. The Kier molecular flexibility index (Phi) is 5.37. The van der Waals surface area contributed by atoms with Gasteiger partial charge in [0.25, 0.3) is 5.56 Å². The molecule has 0 amide bonds. The van der Waals surface area contributed by atoms with Crippen LogP contribution in [0.25, 0.3) is 21.6 Å². The predicted molar refractivity (Wildman–Crippen MR) is 134 cm³/mol. The van der Waals surface area contributed by atoms with Gasteiger partial charge < -0.3 is 4.98 Å². The molecule has 6 nitrogen and oxygen atoms in total. The van der Waals surface area contributed by atoms with Crippen molar-refractivity contribution < 1.29 is 0 Å². The quantitative estimate of drug-likeness (QED) is 0.353. The summed E-state index contributed by atoms with van der Waals surface area (Å²) in [7, 11) is 0. The molecule has 170 valence electrons. The van der Waals surface area contributed by atoms with Crippen molar-refractivity contribution in [3.63, 3.8) is 0 Å². The highest BCUT2D eigenvalue weighted by atomic mass is 32.2. The number of hydrogen-bond donors (Lipinski definition) is 1. The number of aryl methyl sites for hydroxylation is 1. The highest BCUT2D eigenvalue weighted by Gasteiger charge is 2.43. The number of benzene rings is 1. The van der Waals surface area contributed by atoms with Crippen molar-refractivity contribution in [2.24, 2.45) is 17.8 Å². The van der Waals surface area contributed by atoms with Crippen molar-refractivity contribution in [3.05, 3.63) is 57.5 Å². The van der Waals surface area contributed by atoms with Crippen LogP contribution in [-0.2, 0) is 5.75 Å². The first-order valence-electron chi connectivity index (χ1n) is 11.7. The van der Waals surface area contributed by atoms with E-state index < -0.39 is 0 Å². The zero-order valence-corrected chi connectivity index (χ0v) is 20.5. The number of nitrogens with one attached hydrogen (secondary N) is 1. The minimum Gasteiger partial charge on any atom is -0.309 e. The van der Waals surface area contributed by atoms with Crippen LogP contribution >= 0.6 is 23.1 Å². The number of aromatic amines is 1. The van der Waals surface area contributed by atoms with Crippen molar-refractivity contribution in [3.8, 4) is 10.7 Å². The van der Waals surface area contributed by atoms with E-state index in [0.29, 0.717) is 28.9 Å². The first-order chi connectivity index (χ1) is 16.1. The van der Waals surface area contributed by atoms with Gasteiger partial charge in [0.15, 0.2) is 11.0 Å². The van der Waals surface area contributed by atoms with Crippen molar-refractivity contribution in [2.45, 2.75) is 56.5 Å². The van der Waals surface area contributed by atoms with Crippen LogP contribution in [0.4, 0.5) is 0 Å². The largest absolute Gasteiger partial charge is 0.309 e. The monoisotopic (exact) mass is 477 g/mol. The van der Waals surface area contributed by atoms with Crippen LogP contribution in [-0.4, -0.2) is 24.7 Å². The van der Waals surface area contributed by atoms with Gasteiger partial charge in [-0.15, -0.1) is 21.5 Å². The summed E-state index contributed by atoms with van der Waals surface area (Å²) in [5.41, 5.74) is 1.70. The third-order valence-corrected chi connectivity index (χ3v) is 9.37. The number of fused-ring (bicyclic) bond motifs is 3. The predicted octanol–water partition coefficient (Wildman–Crippen LogP) is 5.84. The Hall–Kier alpha value is -2.45. The topological polar surface area (TPSA) is 76.5 Å². The highest BCUT2D eigenvalue weighted by Crippen LogP contribution is 2.53. The lowest BCUT2D eigenvalue weighted by atomic mass is 9.84. The molecule has 0 radical (unpaired) electrons. The van der Waals surface area contributed by atoms with Gasteiger partial charge >= 0.3 is 0 Å². The second kappa shape index (κ2) is 8.40. The van der Waals surface area contributed by atoms with E-state index in [1.165, 1.54) is 25.7 Å². The van der Waals surface area contributed by atoms with E-state index in [9.17, 15) is 4.79 Å². The fraction of sp³-hybridized carbons (Fsp3) is 0.440. The molecule has 3 heterocycles. The number of para-hydroxylation sites is 1. The molecule has 2 saturated carbocycles. The van der Waals surface area contributed by atoms with E-state index in [1.807, 2.05) is 25.1 Å². The molecule has 2 aliphatic carbocycles. The molecule has 4 aromatic rings. The molecule has 4 atom stereocenters. The third kappa shape index (κ3) is 3.73. The number of thiophene rings is 1. The van der Waals surface area contributed by atoms with Gasteiger partial charge in [-0.05, 0) is 73.9 Å². The molecule has 33 heavy (non-hydrogen) atoms. The third-order valence-electron chi connectivity index (χ3n) is 7.55. The fourth-order valence-electron chi connectivity index (χ4n) is 5.95. The molecule has 3 aromatic heterocycles. The van der Waals surface area contributed by atoms with Crippen molar-refractivity contribution in [2.75, 3.05) is 0 Å². The smallest absolute Gasteiger partial charge is 0.258 e. The second-order valence-corrected chi connectivity index (χ2v) is 11.4. The molecule has 8 heteroatoms. The molecule has 1 N–H and O–H groups in total. The van der Waals surface area contributed by atoms with Crippen LogP contribution in [0.2, 0.25) is 0 Å². The maximum Gasteiger partial charge on any atom is 0.258 e. The summed E-state index contributed by atoms with van der Waals surface area (Å²) in [4.78, 5) is 21.5. The van der Waals surface area contributed by atoms with Crippen molar-refractivity contribution in [1.82, 2.24) is 24.7 Å². The molecular weight excluding hydrogens is 450 g/mol. The average Bonchev–Trinajstić information content (AvgIpc) is 3.62. The highest BCUT2D eigenvalue weighted by molar-refractivity contribution is 7.98. The van der Waals surface area contributed by atoms with Gasteiger partial charge in [-0.3, -0.25) is 9.36 Å². The summed E-state index contributed by atoms with van der Waals surface area (Å²) in [6.07, 6.45) is 5.46. The zero-order chi connectivity index (χ0) is 22.5. The lowest BCUT2D eigenvalue weighted by Gasteiger charge is -2.30. The zero-order valence-electron chi connectivity index (χ0n) is 18.8. The van der Waals surface area contributed by atoms with Crippen molar-refractivity contribution in [1.29, 1.82) is 0 Å². The molecule has 4 unspecified atom stereocenters. The van der Waals surface area contributed by atoms with Gasteiger partial charge in [-0.1, -0.05) is 36.4 Å². The van der Waals surface area contributed by atoms with Gasteiger partial charge in [-0.2, -0.15) is 0 Å². The number of H-pyrrole nitrogens is 1. The first kappa shape index (κ1) is 21.1. The molecule has 0 spiro atoms. The molecule has 6 rings (SSSR count). The van der Waals surface area contributed by atoms with E-state index in [2.05, 4.69) is 44.2 Å². The van der Waals surface area contributed by atoms with Crippen LogP contribution in [0.5, 0.6) is 0 Å². The van der Waals surface area contributed by atoms with Crippen LogP contribution in [0.1, 0.15) is 50.0 Å². The minimum absolute atomic E-state index is 0.0876. The maximum absolute atomic E-state index is 12.6. The standard InChI is InChI=1S/C25H27N5OS2/c1-14-5-3-6-18-22(14)26-21(27-24(18)31)13-33-25-29-28-23(20-7-4-10-32-20)30(25)15(2)19-12-16-8-9-17(19)11-16/h3-7,10,15-17,19H,8-9,11-13H2,1-2H3,(H,26,27,31). The fourth-order valence-corrected chi connectivity index (χ4v) is 7.54. The second-order valence-electron chi connectivity index (χ2n) is 9.51. The summed E-state index contributed by atoms with van der Waals surface area (Å²) in [5.74, 6) is 4.58. The molecule has 2 fully saturated rings. The molecular formula is C25H27N5OS2. The van der Waals surface area contributed by atoms with Gasteiger partial charge in [0, 0.05) is 6.04 Å². The first-order valence-corrected chi connectivity index (χ1v) is 13.5. The van der Waals surface area contributed by atoms with Crippen LogP contribution < -0.4 is 5.56 Å². The Morgan fingerprint density at radius 2 is 2.12 bits per heavy atom. The van der Waals surface area contributed by atoms with Crippen LogP contribution in [0.15, 0.2) is 45.7 Å². The van der Waals surface area contributed by atoms with Crippen LogP contribution in [0.3, 0.4) is 0 Å². The SMILES string of the molecule is Cc1cccc2c(=O)[nH]c(CSc3nnc(-c4cccs4)n3C(C)C3CC4CCC3C4)nc12. The maximum atomic E-state index is 12.6. The lowest BCUT2D eigenvalue weighted by molar-refractivity contribution is 0.235. The normalized spacial score (nSPS) is 22.9. The Morgan fingerprint density at radius 1 is 1.21 bits per heavy atom. The molecule has 2 aliphatic rings. The summed E-state index contributed by atoms with van der Waals surface area (Å²) >= 11 is 3.32. The summed E-state index contributed by atoms with van der Waals surface area (Å²) in [6.45, 7) is 4.34. The van der Waals surface area contributed by atoms with E-state index >= 15 is 0 Å². The molecule has 1 aromatic carbocycles. The molecule has 0 aliphatic heterocycles. The number of thioether (sulfide) groups is 1. The minimum atomic E-state index is -0.0876. The van der Waals surface area contributed by atoms with Gasteiger partial charge in [-0.25, -0.2) is 4.98 Å². The van der Waals surface area contributed by atoms with E-state index in [4.69, 9.17) is 4.98 Å². The van der Waals surface area contributed by atoms with Gasteiger partial charge in [0.05, 0.1) is 21.5 Å². The van der Waals surface area contributed by atoms with Crippen molar-refractivity contribution >= 4 is 34.0 Å². The Labute approximate surface area is 200 Å². The number of hydrogen-bond acceptors (Lipinski definition) is 6. The van der Waals surface area contributed by atoms with Crippen LogP contribution in [0, 0.1) is 24.7 Å². The summed E-state index contributed by atoms with van der Waals surface area (Å²) < 4.78 is 2.35. The summed E-state index contributed by atoms with van der Waals surface area (Å²) in [5, 5.41) is 12.9. The Balaban J connectivity index is 1.33. The number of rotatable bonds is 6. The summed E-state index contributed by atoms with van der Waals surface area (Å²) in [6, 6.07) is 10.3. The average molecular weight is 478 g/mol. The lowest BCUT2D eigenvalue weighted by Crippen LogP contribution is -2.23. The van der Waals surface area contributed by atoms with E-state index in [-0.39, 0.29) is 5.56 Å². The Morgan fingerprint density at radius 3 is 2.88 bits per heavy atom. The molecule has 2 bridgehead atoms. The molecule has 0 saturated heterocycles.